The first-order chi connectivity index (χ1) is 24.8. The summed E-state index contributed by atoms with van der Waals surface area (Å²) >= 11 is 0. The van der Waals surface area contributed by atoms with E-state index in [-0.39, 0.29) is 10.8 Å². The Morgan fingerprint density at radius 3 is 1.57 bits per heavy atom. The lowest BCUT2D eigenvalue weighted by molar-refractivity contribution is 0.455. The summed E-state index contributed by atoms with van der Waals surface area (Å²) in [6.07, 6.45) is 9.53. The third-order valence-corrected chi connectivity index (χ3v) is 12.6. The van der Waals surface area contributed by atoms with Gasteiger partial charge in [0.25, 0.3) is 0 Å². The second-order valence-electron chi connectivity index (χ2n) is 16.3. The van der Waals surface area contributed by atoms with Crippen LogP contribution < -0.4 is 4.90 Å². The van der Waals surface area contributed by atoms with E-state index in [1.807, 2.05) is 0 Å². The molecule has 1 saturated carbocycles. The van der Waals surface area contributed by atoms with Crippen LogP contribution in [-0.4, -0.2) is 0 Å². The molecule has 0 N–H and O–H groups in total. The Hall–Kier alpha value is -4.88. The lowest BCUT2D eigenvalue weighted by atomic mass is 9.80. The zero-order chi connectivity index (χ0) is 34.7. The van der Waals surface area contributed by atoms with Crippen LogP contribution in [0.2, 0.25) is 0 Å². The minimum atomic E-state index is -0.143. The number of benzene rings is 6. The van der Waals surface area contributed by atoms with Crippen molar-refractivity contribution in [2.75, 3.05) is 4.90 Å². The number of para-hydroxylation sites is 1. The SMILES string of the molecule is CC1(C)c2ccccc2-c2c(-c3cccc4c3-c3ccc(N(c5ccccc5)c5ccc(C6CCCCCCC6)cc5)cc3C4(C)C)cccc21. The molecule has 0 unspecified atom stereocenters. The third-order valence-electron chi connectivity index (χ3n) is 12.6. The molecule has 0 amide bonds. The minimum Gasteiger partial charge on any atom is -0.310 e. The maximum atomic E-state index is 2.47. The van der Waals surface area contributed by atoms with Crippen LogP contribution in [0.15, 0.2) is 133 Å². The standard InChI is InChI=1S/C50H49N/c1-49(2)43-24-14-13-21-41(43)47-39(22-15-25-44(47)49)40-23-16-26-45-48(40)42-32-31-38(33-46(42)50(45,3)4)51(36-19-11-8-12-20-36)37-29-27-35(28-30-37)34-17-9-6-5-7-10-18-34/h8,11-16,19-34H,5-7,9-10,17-18H2,1-4H3. The molecule has 0 heterocycles. The average Bonchev–Trinajstić information content (AvgIpc) is 3.52. The first-order valence-electron chi connectivity index (χ1n) is 19.3. The quantitative estimate of drug-likeness (QED) is 0.177. The highest BCUT2D eigenvalue weighted by Gasteiger charge is 2.40. The van der Waals surface area contributed by atoms with Gasteiger partial charge in [0.2, 0.25) is 0 Å². The number of anilines is 3. The van der Waals surface area contributed by atoms with Gasteiger partial charge in [0, 0.05) is 27.9 Å². The van der Waals surface area contributed by atoms with Gasteiger partial charge in [0.1, 0.15) is 0 Å². The molecule has 0 bridgehead atoms. The maximum absolute atomic E-state index is 2.47. The van der Waals surface area contributed by atoms with Crippen molar-refractivity contribution in [3.8, 4) is 33.4 Å². The normalized spacial score (nSPS) is 17.1. The number of hydrogen-bond acceptors (Lipinski definition) is 1. The number of fused-ring (bicyclic) bond motifs is 6. The van der Waals surface area contributed by atoms with Gasteiger partial charge < -0.3 is 4.90 Å². The Morgan fingerprint density at radius 2 is 0.902 bits per heavy atom. The van der Waals surface area contributed by atoms with Crippen molar-refractivity contribution in [1.29, 1.82) is 0 Å². The second-order valence-corrected chi connectivity index (χ2v) is 16.3. The molecule has 6 aromatic carbocycles. The summed E-state index contributed by atoms with van der Waals surface area (Å²) in [6.45, 7) is 9.58. The predicted molar refractivity (Wildman–Crippen MR) is 217 cm³/mol. The second kappa shape index (κ2) is 12.4. The van der Waals surface area contributed by atoms with E-state index < -0.39 is 0 Å². The summed E-state index contributed by atoms with van der Waals surface area (Å²) in [6, 6.07) is 50.7. The summed E-state index contributed by atoms with van der Waals surface area (Å²) in [5, 5.41) is 0. The van der Waals surface area contributed by atoms with Crippen molar-refractivity contribution in [1.82, 2.24) is 0 Å². The number of hydrogen-bond donors (Lipinski definition) is 0. The largest absolute Gasteiger partial charge is 0.310 e. The topological polar surface area (TPSA) is 3.24 Å². The van der Waals surface area contributed by atoms with Crippen LogP contribution in [0.5, 0.6) is 0 Å². The van der Waals surface area contributed by atoms with Gasteiger partial charge in [-0.1, -0.05) is 157 Å². The van der Waals surface area contributed by atoms with Crippen LogP contribution in [0.3, 0.4) is 0 Å². The van der Waals surface area contributed by atoms with Crippen LogP contribution in [-0.2, 0) is 10.8 Å². The molecular weight excluding hydrogens is 615 g/mol. The molecular formula is C50H49N. The van der Waals surface area contributed by atoms with Crippen molar-refractivity contribution in [3.05, 3.63) is 161 Å². The van der Waals surface area contributed by atoms with E-state index >= 15 is 0 Å². The Morgan fingerprint density at radius 1 is 0.412 bits per heavy atom. The van der Waals surface area contributed by atoms with E-state index in [0.717, 1.165) is 0 Å². The molecule has 0 radical (unpaired) electrons. The summed E-state index contributed by atoms with van der Waals surface area (Å²) in [7, 11) is 0. The highest BCUT2D eigenvalue weighted by molar-refractivity contribution is 6.00. The monoisotopic (exact) mass is 663 g/mol. The highest BCUT2D eigenvalue weighted by atomic mass is 15.1. The molecule has 1 heteroatoms. The summed E-state index contributed by atoms with van der Waals surface area (Å²) in [5.41, 5.74) is 18.8. The first-order valence-corrected chi connectivity index (χ1v) is 19.3. The van der Waals surface area contributed by atoms with Gasteiger partial charge in [-0.05, 0) is 116 Å². The highest BCUT2D eigenvalue weighted by Crippen LogP contribution is 2.57. The van der Waals surface area contributed by atoms with E-state index in [2.05, 4.69) is 166 Å². The molecule has 3 aliphatic carbocycles. The van der Waals surface area contributed by atoms with Crippen molar-refractivity contribution >= 4 is 17.1 Å². The van der Waals surface area contributed by atoms with Crippen LogP contribution >= 0.6 is 0 Å². The van der Waals surface area contributed by atoms with Gasteiger partial charge in [0.05, 0.1) is 0 Å². The molecule has 1 nitrogen and oxygen atoms in total. The van der Waals surface area contributed by atoms with Crippen LogP contribution in [0.25, 0.3) is 33.4 Å². The maximum Gasteiger partial charge on any atom is 0.0465 e. The van der Waals surface area contributed by atoms with E-state index in [1.165, 1.54) is 123 Å². The van der Waals surface area contributed by atoms with Crippen LogP contribution in [0, 0.1) is 0 Å². The van der Waals surface area contributed by atoms with Gasteiger partial charge >= 0.3 is 0 Å². The Balaban J connectivity index is 1.15. The number of rotatable bonds is 5. The third kappa shape index (κ3) is 5.19. The molecule has 0 atom stereocenters. The van der Waals surface area contributed by atoms with Crippen molar-refractivity contribution in [3.63, 3.8) is 0 Å². The van der Waals surface area contributed by atoms with E-state index in [4.69, 9.17) is 0 Å². The Labute approximate surface area is 305 Å². The fourth-order valence-corrected chi connectivity index (χ4v) is 9.83. The fourth-order valence-electron chi connectivity index (χ4n) is 9.83. The van der Waals surface area contributed by atoms with Gasteiger partial charge in [-0.2, -0.15) is 0 Å². The molecule has 3 aliphatic rings. The van der Waals surface area contributed by atoms with Gasteiger partial charge in [-0.3, -0.25) is 0 Å². The molecule has 254 valence electrons. The van der Waals surface area contributed by atoms with Gasteiger partial charge in [0.15, 0.2) is 0 Å². The van der Waals surface area contributed by atoms with Crippen LogP contribution in [0.1, 0.15) is 106 Å². The van der Waals surface area contributed by atoms with Crippen molar-refractivity contribution < 1.29 is 0 Å². The number of nitrogens with zero attached hydrogens (tertiary/aromatic N) is 1. The lowest BCUT2D eigenvalue weighted by Crippen LogP contribution is -2.16. The van der Waals surface area contributed by atoms with Crippen LogP contribution in [0.4, 0.5) is 17.1 Å². The van der Waals surface area contributed by atoms with E-state index in [1.54, 1.807) is 0 Å². The molecule has 0 aromatic heterocycles. The molecule has 0 spiro atoms. The molecule has 0 aliphatic heterocycles. The molecule has 1 fully saturated rings. The van der Waals surface area contributed by atoms with E-state index in [9.17, 15) is 0 Å². The average molecular weight is 664 g/mol. The smallest absolute Gasteiger partial charge is 0.0465 e. The molecule has 0 saturated heterocycles. The Kier molecular flexibility index (Phi) is 7.80. The first kappa shape index (κ1) is 32.1. The minimum absolute atomic E-state index is 0.0276. The fraction of sp³-hybridized carbons (Fsp3) is 0.280. The molecule has 6 aromatic rings. The molecule has 9 rings (SSSR count). The zero-order valence-corrected chi connectivity index (χ0v) is 30.7. The predicted octanol–water partition coefficient (Wildman–Crippen LogP) is 14.3. The Bertz CT molecular complexity index is 2230. The summed E-state index contributed by atoms with van der Waals surface area (Å²) < 4.78 is 0. The van der Waals surface area contributed by atoms with E-state index in [0.29, 0.717) is 5.92 Å². The van der Waals surface area contributed by atoms with Crippen molar-refractivity contribution in [2.24, 2.45) is 0 Å². The molecule has 51 heavy (non-hydrogen) atoms. The zero-order valence-electron chi connectivity index (χ0n) is 30.7. The van der Waals surface area contributed by atoms with Gasteiger partial charge in [-0.25, -0.2) is 0 Å². The summed E-state index contributed by atoms with van der Waals surface area (Å²) in [5.74, 6) is 0.684. The van der Waals surface area contributed by atoms with Gasteiger partial charge in [-0.15, -0.1) is 0 Å². The lowest BCUT2D eigenvalue weighted by Gasteiger charge is -2.28. The summed E-state index contributed by atoms with van der Waals surface area (Å²) in [4.78, 5) is 2.45. The van der Waals surface area contributed by atoms with Crippen molar-refractivity contribution in [2.45, 2.75) is 89.4 Å².